The van der Waals surface area contributed by atoms with E-state index >= 15 is 0 Å². The number of rotatable bonds is 2. The topological polar surface area (TPSA) is 6.48 Å². The van der Waals surface area contributed by atoms with Crippen LogP contribution in [0.2, 0.25) is 0 Å². The van der Waals surface area contributed by atoms with E-state index in [1.165, 1.54) is 50.1 Å². The van der Waals surface area contributed by atoms with E-state index in [1.54, 1.807) is 28.0 Å². The fourth-order valence-corrected chi connectivity index (χ4v) is 5.97. The number of fused-ring (bicyclic) bond motifs is 5. The summed E-state index contributed by atoms with van der Waals surface area (Å²) in [5.41, 5.74) is 11.0. The van der Waals surface area contributed by atoms with Crippen LogP contribution < -0.4 is 4.90 Å². The van der Waals surface area contributed by atoms with Gasteiger partial charge in [0.15, 0.2) is 0 Å². The first-order valence-electron chi connectivity index (χ1n) is 10.6. The molecule has 0 unspecified atom stereocenters. The van der Waals surface area contributed by atoms with Crippen molar-refractivity contribution in [3.63, 3.8) is 0 Å². The Morgan fingerprint density at radius 2 is 1.70 bits per heavy atom. The quantitative estimate of drug-likeness (QED) is 0.694. The molecule has 0 aromatic heterocycles. The number of hydrogen-bond donors (Lipinski definition) is 0. The van der Waals surface area contributed by atoms with Gasteiger partial charge in [-0.1, -0.05) is 47.5 Å². The number of nitrogens with zero attached hydrogens (tertiary/aromatic N) is 2. The maximum atomic E-state index is 2.74. The van der Waals surface area contributed by atoms with Gasteiger partial charge in [0.25, 0.3) is 0 Å². The molecule has 0 bridgehead atoms. The summed E-state index contributed by atoms with van der Waals surface area (Å²) in [4.78, 5) is 5.48. The van der Waals surface area contributed by atoms with Gasteiger partial charge in [-0.3, -0.25) is 0 Å². The number of benzene rings is 2. The number of likely N-dealkylation sites (tertiary alicyclic amines) is 1. The Bertz CT molecular complexity index is 945. The van der Waals surface area contributed by atoms with Gasteiger partial charge in [0.05, 0.1) is 0 Å². The van der Waals surface area contributed by atoms with Gasteiger partial charge in [-0.25, -0.2) is 0 Å². The third-order valence-corrected chi connectivity index (χ3v) is 7.72. The lowest BCUT2D eigenvalue weighted by Crippen LogP contribution is -2.45. The van der Waals surface area contributed by atoms with Gasteiger partial charge in [-0.05, 0) is 55.9 Å². The van der Waals surface area contributed by atoms with Crippen LogP contribution in [0.1, 0.15) is 42.9 Å². The molecule has 2 nitrogen and oxygen atoms in total. The molecule has 0 radical (unpaired) electrons. The van der Waals surface area contributed by atoms with Crippen LogP contribution in [-0.2, 0) is 12.8 Å². The van der Waals surface area contributed by atoms with Crippen molar-refractivity contribution in [2.24, 2.45) is 5.92 Å². The molecule has 2 aromatic rings. The highest BCUT2D eigenvalue weighted by atomic mass is 15.2. The van der Waals surface area contributed by atoms with Crippen molar-refractivity contribution in [1.29, 1.82) is 0 Å². The molecule has 0 amide bonds. The van der Waals surface area contributed by atoms with Crippen LogP contribution >= 0.6 is 0 Å². The van der Waals surface area contributed by atoms with Crippen molar-refractivity contribution in [3.05, 3.63) is 70.3 Å². The summed E-state index contributed by atoms with van der Waals surface area (Å²) < 4.78 is 0. The Balaban J connectivity index is 1.38. The zero-order valence-corrected chi connectivity index (χ0v) is 16.4. The molecule has 3 aliphatic heterocycles. The molecule has 1 aliphatic carbocycles. The summed E-state index contributed by atoms with van der Waals surface area (Å²) >= 11 is 0. The molecule has 0 N–H and O–H groups in total. The molecule has 138 valence electrons. The standard InChI is InChI=1S/C25H28N2/c1-16-17(2)21(16)14-26-13-12-24-22(15-26)20-8-5-7-19-11-10-18-6-3-4-9-23(18)27(24)25(19)20/h3-9,21-22,24H,10-15H2,1-2H3/t22-,24+/m0/s1. The van der Waals surface area contributed by atoms with E-state index in [0.717, 1.165) is 5.92 Å². The molecule has 0 saturated carbocycles. The van der Waals surface area contributed by atoms with E-state index in [1.807, 2.05) is 0 Å². The highest BCUT2D eigenvalue weighted by molar-refractivity contribution is 5.79. The van der Waals surface area contributed by atoms with Crippen LogP contribution in [0.5, 0.6) is 0 Å². The van der Waals surface area contributed by atoms with E-state index in [9.17, 15) is 0 Å². The normalized spacial score (nSPS) is 26.5. The second kappa shape index (κ2) is 5.72. The summed E-state index contributed by atoms with van der Waals surface area (Å²) in [7, 11) is 0. The SMILES string of the molecule is CC1=C(C)C1CN1CC[C@@H]2[C@@H](C1)c1cccc3c1N2c1ccccc1CC3. The van der Waals surface area contributed by atoms with Crippen LogP contribution in [0.3, 0.4) is 0 Å². The Morgan fingerprint density at radius 1 is 0.926 bits per heavy atom. The van der Waals surface area contributed by atoms with E-state index in [-0.39, 0.29) is 0 Å². The maximum absolute atomic E-state index is 2.74. The minimum absolute atomic E-state index is 0.631. The number of piperidine rings is 1. The predicted octanol–water partition coefficient (Wildman–Crippen LogP) is 5.06. The summed E-state index contributed by atoms with van der Waals surface area (Å²) in [6.07, 6.45) is 3.61. The highest BCUT2D eigenvalue weighted by Crippen LogP contribution is 2.52. The van der Waals surface area contributed by atoms with Gasteiger partial charge in [0.2, 0.25) is 0 Å². The Labute approximate surface area is 162 Å². The van der Waals surface area contributed by atoms with Crippen LogP contribution in [0.4, 0.5) is 11.4 Å². The first kappa shape index (κ1) is 15.9. The van der Waals surface area contributed by atoms with Crippen molar-refractivity contribution in [2.75, 3.05) is 24.5 Å². The third-order valence-electron chi connectivity index (χ3n) is 7.72. The largest absolute Gasteiger partial charge is 0.337 e. The number of anilines is 2. The fraction of sp³-hybridized carbons (Fsp3) is 0.440. The van der Waals surface area contributed by atoms with Crippen LogP contribution in [-0.4, -0.2) is 30.6 Å². The summed E-state index contributed by atoms with van der Waals surface area (Å²) in [5, 5.41) is 0. The van der Waals surface area contributed by atoms with Crippen LogP contribution in [0, 0.1) is 5.92 Å². The lowest BCUT2D eigenvalue weighted by atomic mass is 9.87. The van der Waals surface area contributed by atoms with Gasteiger partial charge in [-0.2, -0.15) is 0 Å². The van der Waals surface area contributed by atoms with Crippen molar-refractivity contribution in [2.45, 2.75) is 45.1 Å². The molecule has 2 aromatic carbocycles. The summed E-state index contributed by atoms with van der Waals surface area (Å²) in [6.45, 7) is 8.33. The minimum Gasteiger partial charge on any atom is -0.337 e. The van der Waals surface area contributed by atoms with Gasteiger partial charge in [-0.15, -0.1) is 0 Å². The Kier molecular flexibility index (Phi) is 3.38. The van der Waals surface area contributed by atoms with Crippen molar-refractivity contribution in [1.82, 2.24) is 4.90 Å². The van der Waals surface area contributed by atoms with E-state index in [0.29, 0.717) is 12.0 Å². The molecule has 2 heteroatoms. The van der Waals surface area contributed by atoms with E-state index < -0.39 is 0 Å². The number of hydrogen-bond acceptors (Lipinski definition) is 2. The van der Waals surface area contributed by atoms with E-state index in [4.69, 9.17) is 0 Å². The third kappa shape index (κ3) is 2.29. The lowest BCUT2D eigenvalue weighted by molar-refractivity contribution is 0.191. The second-order valence-electron chi connectivity index (χ2n) is 8.99. The molecule has 3 heterocycles. The lowest BCUT2D eigenvalue weighted by Gasteiger charge is -2.39. The Hall–Kier alpha value is -2.06. The molecule has 27 heavy (non-hydrogen) atoms. The van der Waals surface area contributed by atoms with Gasteiger partial charge >= 0.3 is 0 Å². The van der Waals surface area contributed by atoms with Crippen LogP contribution in [0.15, 0.2) is 53.6 Å². The van der Waals surface area contributed by atoms with Gasteiger partial charge < -0.3 is 9.80 Å². The molecule has 1 saturated heterocycles. The molecular weight excluding hydrogens is 328 g/mol. The molecule has 2 atom stereocenters. The maximum Gasteiger partial charge on any atom is 0.0483 e. The summed E-state index contributed by atoms with van der Waals surface area (Å²) in [6, 6.07) is 16.8. The first-order valence-corrected chi connectivity index (χ1v) is 10.6. The number of aryl methyl sites for hydroxylation is 2. The Morgan fingerprint density at radius 3 is 2.56 bits per heavy atom. The average molecular weight is 357 g/mol. The zero-order chi connectivity index (χ0) is 18.1. The van der Waals surface area contributed by atoms with Gasteiger partial charge in [0.1, 0.15) is 0 Å². The number of para-hydroxylation sites is 2. The highest BCUT2D eigenvalue weighted by Gasteiger charge is 2.45. The van der Waals surface area contributed by atoms with Crippen LogP contribution in [0.25, 0.3) is 0 Å². The molecule has 0 spiro atoms. The van der Waals surface area contributed by atoms with E-state index in [2.05, 4.69) is 66.1 Å². The predicted molar refractivity (Wildman–Crippen MR) is 112 cm³/mol. The molecule has 4 aliphatic rings. The first-order chi connectivity index (χ1) is 13.2. The molecule has 1 fully saturated rings. The molecule has 6 rings (SSSR count). The fourth-order valence-electron chi connectivity index (χ4n) is 5.97. The van der Waals surface area contributed by atoms with Gasteiger partial charge in [0, 0.05) is 48.9 Å². The molecular formula is C25H28N2. The monoisotopic (exact) mass is 356 g/mol. The zero-order valence-electron chi connectivity index (χ0n) is 16.4. The van der Waals surface area contributed by atoms with Crippen molar-refractivity contribution >= 4 is 11.4 Å². The van der Waals surface area contributed by atoms with Crippen molar-refractivity contribution < 1.29 is 0 Å². The summed E-state index contributed by atoms with van der Waals surface area (Å²) in [5.74, 6) is 1.42. The van der Waals surface area contributed by atoms with Crippen molar-refractivity contribution in [3.8, 4) is 0 Å². The minimum atomic E-state index is 0.631. The smallest absolute Gasteiger partial charge is 0.0483 e. The second-order valence-corrected chi connectivity index (χ2v) is 8.99. The average Bonchev–Trinajstić information content (AvgIpc) is 3.17.